The molecule has 7 heteroatoms. The molecule has 2 bridgehead atoms. The summed E-state index contributed by atoms with van der Waals surface area (Å²) in [5, 5.41) is 19.2. The number of ether oxygens (including phenoxy) is 2. The summed E-state index contributed by atoms with van der Waals surface area (Å²) >= 11 is 0. The quantitative estimate of drug-likeness (QED) is 0.421. The van der Waals surface area contributed by atoms with Crippen molar-refractivity contribution in [2.24, 2.45) is 0 Å². The van der Waals surface area contributed by atoms with Gasteiger partial charge in [-0.2, -0.15) is 0 Å². The number of rotatable bonds is 2. The predicted molar refractivity (Wildman–Crippen MR) is 129 cm³/mol. The molecule has 3 aliphatic rings. The van der Waals surface area contributed by atoms with Crippen LogP contribution in [0, 0.1) is 0 Å². The lowest BCUT2D eigenvalue weighted by Gasteiger charge is -2.39. The molecule has 1 amide bonds. The molecule has 0 radical (unpaired) electrons. The van der Waals surface area contributed by atoms with Crippen LogP contribution in [0.3, 0.4) is 0 Å². The Hall–Kier alpha value is -3.39. The van der Waals surface area contributed by atoms with Gasteiger partial charge in [0, 0.05) is 41.6 Å². The number of aromatic nitrogens is 2. The summed E-state index contributed by atoms with van der Waals surface area (Å²) in [4.78, 5) is 13.2. The average molecular weight is 453 g/mol. The Bertz CT molecular complexity index is 1750. The van der Waals surface area contributed by atoms with E-state index in [1.807, 2.05) is 31.2 Å². The van der Waals surface area contributed by atoms with Gasteiger partial charge < -0.3 is 29.0 Å². The minimum absolute atomic E-state index is 0.0333. The van der Waals surface area contributed by atoms with Crippen molar-refractivity contribution in [2.75, 3.05) is 13.7 Å². The van der Waals surface area contributed by atoms with Gasteiger partial charge in [0.05, 0.1) is 34.2 Å². The molecule has 8 rings (SSSR count). The summed E-state index contributed by atoms with van der Waals surface area (Å²) in [6.07, 6.45) is -0.0288. The van der Waals surface area contributed by atoms with Gasteiger partial charge in [-0.3, -0.25) is 4.79 Å². The second-order valence-electron chi connectivity index (χ2n) is 9.95. The van der Waals surface area contributed by atoms with E-state index in [4.69, 9.17) is 9.47 Å². The molecule has 34 heavy (non-hydrogen) atoms. The number of hydrogen-bond acceptors (Lipinski definition) is 4. The minimum Gasteiger partial charge on any atom is -0.382 e. The van der Waals surface area contributed by atoms with Crippen molar-refractivity contribution in [1.82, 2.24) is 14.5 Å². The van der Waals surface area contributed by atoms with Crippen molar-refractivity contribution in [3.63, 3.8) is 0 Å². The molecule has 170 valence electrons. The number of nitrogens with one attached hydrogen (secondary N) is 1. The zero-order chi connectivity index (χ0) is 23.0. The van der Waals surface area contributed by atoms with Crippen LogP contribution in [0.1, 0.15) is 35.5 Å². The van der Waals surface area contributed by atoms with E-state index in [0.29, 0.717) is 13.0 Å². The lowest BCUT2D eigenvalue weighted by atomic mass is 9.89. The average Bonchev–Trinajstić information content (AvgIpc) is 3.51. The van der Waals surface area contributed by atoms with Crippen molar-refractivity contribution in [2.45, 2.75) is 37.4 Å². The third-order valence-electron chi connectivity index (χ3n) is 8.36. The topological polar surface area (TPSA) is 77.7 Å². The van der Waals surface area contributed by atoms with E-state index in [9.17, 15) is 9.90 Å². The largest absolute Gasteiger partial charge is 0.382 e. The third kappa shape index (κ3) is 1.85. The van der Waals surface area contributed by atoms with Crippen LogP contribution < -0.4 is 5.32 Å². The standard InChI is InChI=1S/C27H23N3O4/c1-26-27(32,13-33-2)11-19(34-26)29-17-9-5-3-7-14(17)21-22-16(12-28-25(22)31)20-15-8-4-6-10-18(15)30(26)24(20)23(21)29/h3-10,19,32H,11-13H2,1-2H3,(H,28,31)/t19-,26+,27+/m0/s1. The zero-order valence-corrected chi connectivity index (χ0v) is 18.9. The molecule has 1 saturated heterocycles. The molecule has 2 N–H and O–H groups in total. The zero-order valence-electron chi connectivity index (χ0n) is 18.9. The summed E-state index contributed by atoms with van der Waals surface area (Å²) in [6, 6.07) is 16.4. The first-order chi connectivity index (χ1) is 16.5. The smallest absolute Gasteiger partial charge is 0.252 e. The van der Waals surface area contributed by atoms with Crippen LogP contribution in [-0.4, -0.2) is 39.5 Å². The maximum absolute atomic E-state index is 13.2. The van der Waals surface area contributed by atoms with E-state index >= 15 is 0 Å². The van der Waals surface area contributed by atoms with Gasteiger partial charge in [0.15, 0.2) is 5.72 Å². The van der Waals surface area contributed by atoms with Gasteiger partial charge in [0.1, 0.15) is 11.8 Å². The lowest BCUT2D eigenvalue weighted by Crippen LogP contribution is -2.53. The summed E-state index contributed by atoms with van der Waals surface area (Å²) < 4.78 is 16.7. The highest BCUT2D eigenvalue weighted by atomic mass is 16.6. The molecule has 0 saturated carbocycles. The molecule has 3 aromatic carbocycles. The van der Waals surface area contributed by atoms with E-state index in [-0.39, 0.29) is 12.5 Å². The summed E-state index contributed by atoms with van der Waals surface area (Å²) in [7, 11) is 1.61. The Kier molecular flexibility index (Phi) is 3.24. The van der Waals surface area contributed by atoms with E-state index in [1.54, 1.807) is 7.11 Å². The molecular formula is C27H23N3O4. The molecule has 3 atom stereocenters. The molecule has 2 aromatic heterocycles. The molecule has 0 spiro atoms. The van der Waals surface area contributed by atoms with Gasteiger partial charge in [0.25, 0.3) is 5.91 Å². The number of carbonyl (C=O) groups is 1. The van der Waals surface area contributed by atoms with Gasteiger partial charge in [0.2, 0.25) is 0 Å². The van der Waals surface area contributed by atoms with Crippen molar-refractivity contribution in [1.29, 1.82) is 0 Å². The van der Waals surface area contributed by atoms with E-state index in [2.05, 4.69) is 38.7 Å². The molecular weight excluding hydrogens is 430 g/mol. The molecule has 0 unspecified atom stereocenters. The van der Waals surface area contributed by atoms with Crippen LogP contribution in [0.5, 0.6) is 0 Å². The highest BCUT2D eigenvalue weighted by molar-refractivity contribution is 6.31. The van der Waals surface area contributed by atoms with Crippen LogP contribution in [0.2, 0.25) is 0 Å². The van der Waals surface area contributed by atoms with Gasteiger partial charge in [-0.1, -0.05) is 36.4 Å². The fraction of sp³-hybridized carbons (Fsp3) is 0.296. The molecule has 0 aliphatic carbocycles. The van der Waals surface area contributed by atoms with E-state index in [1.165, 1.54) is 0 Å². The second-order valence-corrected chi connectivity index (χ2v) is 9.95. The number of nitrogens with zero attached hydrogens (tertiary/aromatic N) is 2. The lowest BCUT2D eigenvalue weighted by molar-refractivity contribution is -0.192. The van der Waals surface area contributed by atoms with Crippen LogP contribution in [0.15, 0.2) is 48.5 Å². The highest BCUT2D eigenvalue weighted by Crippen LogP contribution is 2.57. The first-order valence-corrected chi connectivity index (χ1v) is 11.7. The molecule has 3 aliphatic heterocycles. The normalized spacial score (nSPS) is 27.4. The van der Waals surface area contributed by atoms with E-state index in [0.717, 1.165) is 54.7 Å². The Labute approximate surface area is 194 Å². The first kappa shape index (κ1) is 19.0. The van der Waals surface area contributed by atoms with Gasteiger partial charge in [-0.15, -0.1) is 0 Å². The fourth-order valence-corrected chi connectivity index (χ4v) is 6.95. The fourth-order valence-electron chi connectivity index (χ4n) is 6.95. The van der Waals surface area contributed by atoms with Crippen LogP contribution in [-0.2, 0) is 21.7 Å². The van der Waals surface area contributed by atoms with E-state index < -0.39 is 17.6 Å². The number of hydrogen-bond donors (Lipinski definition) is 2. The third-order valence-corrected chi connectivity index (χ3v) is 8.36. The van der Waals surface area contributed by atoms with Gasteiger partial charge >= 0.3 is 0 Å². The SMILES string of the molecule is COC[C@]1(O)C[C@@H]2O[C@@]1(C)n1c3ccccc3c3c4c(c5c6ccccc6n2c5c31)C(=O)NC4. The Balaban J connectivity index is 1.74. The number of para-hydroxylation sites is 2. The monoisotopic (exact) mass is 453 g/mol. The highest BCUT2D eigenvalue weighted by Gasteiger charge is 2.61. The number of carbonyl (C=O) groups excluding carboxylic acids is 1. The van der Waals surface area contributed by atoms with Crippen LogP contribution in [0.4, 0.5) is 0 Å². The number of aliphatic hydroxyl groups is 1. The van der Waals surface area contributed by atoms with Crippen LogP contribution >= 0.6 is 0 Å². The number of benzene rings is 3. The first-order valence-electron chi connectivity index (χ1n) is 11.7. The summed E-state index contributed by atoms with van der Waals surface area (Å²) in [6.45, 7) is 2.60. The van der Waals surface area contributed by atoms with Gasteiger partial charge in [-0.05, 0) is 24.6 Å². The molecule has 5 heterocycles. The minimum atomic E-state index is -1.25. The number of methoxy groups -OCH3 is 1. The second kappa shape index (κ2) is 5.81. The number of amides is 1. The van der Waals surface area contributed by atoms with Crippen molar-refractivity contribution < 1.29 is 19.4 Å². The summed E-state index contributed by atoms with van der Waals surface area (Å²) in [5.74, 6) is -0.0333. The Morgan fingerprint density at radius 1 is 1.09 bits per heavy atom. The van der Waals surface area contributed by atoms with Crippen molar-refractivity contribution in [3.05, 3.63) is 59.7 Å². The van der Waals surface area contributed by atoms with Crippen molar-refractivity contribution >= 4 is 49.5 Å². The molecule has 7 nitrogen and oxygen atoms in total. The molecule has 5 aromatic rings. The van der Waals surface area contributed by atoms with Crippen LogP contribution in [0.25, 0.3) is 43.6 Å². The van der Waals surface area contributed by atoms with Gasteiger partial charge in [-0.25, -0.2) is 0 Å². The summed E-state index contributed by atoms with van der Waals surface area (Å²) in [5.41, 5.74) is 3.44. The maximum Gasteiger partial charge on any atom is 0.252 e. The molecule has 1 fully saturated rings. The Morgan fingerprint density at radius 3 is 2.56 bits per heavy atom. The predicted octanol–water partition coefficient (Wildman–Crippen LogP) is 4.13. The Morgan fingerprint density at radius 2 is 1.79 bits per heavy atom. The maximum atomic E-state index is 13.2. The number of fused-ring (bicyclic) bond motifs is 13. The van der Waals surface area contributed by atoms with Crippen molar-refractivity contribution in [3.8, 4) is 0 Å².